The van der Waals surface area contributed by atoms with Crippen LogP contribution in [0.5, 0.6) is 5.75 Å². The number of aliphatic carboxylic acids is 1. The standard InChI is InChI=1S/C14H15NO3/c1-18-11-6-5-9-3-2-4-10(12(9)8-11)7-13(15)14(16)17/h2-6,8,13H,7,15H2,1H3,(H,16,17)/t13-/m0/s1. The Morgan fingerprint density at radius 2 is 2.17 bits per heavy atom. The first-order chi connectivity index (χ1) is 8.61. The van der Waals surface area contributed by atoms with Gasteiger partial charge in [-0.3, -0.25) is 4.79 Å². The van der Waals surface area contributed by atoms with Crippen molar-refractivity contribution in [3.05, 3.63) is 42.0 Å². The van der Waals surface area contributed by atoms with Gasteiger partial charge < -0.3 is 15.6 Å². The van der Waals surface area contributed by atoms with E-state index < -0.39 is 12.0 Å². The number of hydrogen-bond acceptors (Lipinski definition) is 3. The number of hydrogen-bond donors (Lipinski definition) is 2. The van der Waals surface area contributed by atoms with E-state index in [9.17, 15) is 4.79 Å². The van der Waals surface area contributed by atoms with E-state index in [2.05, 4.69) is 0 Å². The first-order valence-corrected chi connectivity index (χ1v) is 5.66. The van der Waals surface area contributed by atoms with Gasteiger partial charge >= 0.3 is 5.97 Å². The van der Waals surface area contributed by atoms with E-state index in [1.165, 1.54) is 0 Å². The molecule has 0 aliphatic heterocycles. The fourth-order valence-electron chi connectivity index (χ4n) is 1.95. The highest BCUT2D eigenvalue weighted by atomic mass is 16.5. The molecule has 0 aromatic heterocycles. The van der Waals surface area contributed by atoms with Crippen LogP contribution in [-0.4, -0.2) is 24.2 Å². The minimum atomic E-state index is -0.991. The van der Waals surface area contributed by atoms with Gasteiger partial charge in [-0.25, -0.2) is 0 Å². The lowest BCUT2D eigenvalue weighted by molar-refractivity contribution is -0.138. The van der Waals surface area contributed by atoms with E-state index in [0.29, 0.717) is 6.42 Å². The summed E-state index contributed by atoms with van der Waals surface area (Å²) in [5.41, 5.74) is 6.50. The van der Waals surface area contributed by atoms with Crippen LogP contribution in [0.25, 0.3) is 10.8 Å². The Balaban J connectivity index is 2.46. The maximum absolute atomic E-state index is 10.8. The summed E-state index contributed by atoms with van der Waals surface area (Å²) in [5.74, 6) is -0.242. The highest BCUT2D eigenvalue weighted by Gasteiger charge is 2.13. The third-order valence-electron chi connectivity index (χ3n) is 2.94. The summed E-state index contributed by atoms with van der Waals surface area (Å²) in [6.07, 6.45) is 0.305. The van der Waals surface area contributed by atoms with Crippen molar-refractivity contribution in [2.45, 2.75) is 12.5 Å². The Morgan fingerprint density at radius 1 is 1.39 bits per heavy atom. The fraction of sp³-hybridized carbons (Fsp3) is 0.214. The number of fused-ring (bicyclic) bond motifs is 1. The minimum absolute atomic E-state index is 0.305. The third-order valence-corrected chi connectivity index (χ3v) is 2.94. The van der Waals surface area contributed by atoms with Crippen molar-refractivity contribution in [3.63, 3.8) is 0 Å². The van der Waals surface area contributed by atoms with E-state index in [0.717, 1.165) is 22.1 Å². The van der Waals surface area contributed by atoms with Crippen LogP contribution >= 0.6 is 0 Å². The highest BCUT2D eigenvalue weighted by Crippen LogP contribution is 2.24. The number of rotatable bonds is 4. The molecule has 18 heavy (non-hydrogen) atoms. The van der Waals surface area contributed by atoms with Crippen molar-refractivity contribution < 1.29 is 14.6 Å². The minimum Gasteiger partial charge on any atom is -0.497 e. The largest absolute Gasteiger partial charge is 0.497 e. The third kappa shape index (κ3) is 2.43. The van der Waals surface area contributed by atoms with Gasteiger partial charge in [-0.15, -0.1) is 0 Å². The molecule has 0 heterocycles. The zero-order valence-electron chi connectivity index (χ0n) is 10.1. The van der Waals surface area contributed by atoms with Crippen LogP contribution in [0.2, 0.25) is 0 Å². The zero-order valence-corrected chi connectivity index (χ0v) is 10.1. The topological polar surface area (TPSA) is 72.5 Å². The smallest absolute Gasteiger partial charge is 0.320 e. The maximum Gasteiger partial charge on any atom is 0.320 e. The Hall–Kier alpha value is -2.07. The number of benzene rings is 2. The van der Waals surface area contributed by atoms with Crippen molar-refractivity contribution in [2.24, 2.45) is 5.73 Å². The maximum atomic E-state index is 10.8. The van der Waals surface area contributed by atoms with Crippen molar-refractivity contribution in [1.29, 1.82) is 0 Å². The lowest BCUT2D eigenvalue weighted by atomic mass is 9.99. The first-order valence-electron chi connectivity index (χ1n) is 5.66. The molecule has 0 fully saturated rings. The molecule has 4 heteroatoms. The van der Waals surface area contributed by atoms with E-state index in [4.69, 9.17) is 15.6 Å². The molecule has 3 N–H and O–H groups in total. The molecule has 2 rings (SSSR count). The molecule has 2 aromatic carbocycles. The Bertz CT molecular complexity index is 580. The Morgan fingerprint density at radius 3 is 2.83 bits per heavy atom. The van der Waals surface area contributed by atoms with E-state index in [1.807, 2.05) is 36.4 Å². The molecular formula is C14H15NO3. The van der Waals surface area contributed by atoms with Crippen molar-refractivity contribution in [2.75, 3.05) is 7.11 Å². The zero-order chi connectivity index (χ0) is 13.1. The summed E-state index contributed by atoms with van der Waals surface area (Å²) in [7, 11) is 1.60. The van der Waals surface area contributed by atoms with Crippen LogP contribution in [-0.2, 0) is 11.2 Å². The van der Waals surface area contributed by atoms with Crippen LogP contribution in [0.4, 0.5) is 0 Å². The molecule has 0 saturated carbocycles. The number of nitrogens with two attached hydrogens (primary N) is 1. The SMILES string of the molecule is COc1ccc2cccc(C[C@H](N)C(=O)O)c2c1. The number of methoxy groups -OCH3 is 1. The number of carboxylic acid groups (broad SMARTS) is 1. The molecule has 0 spiro atoms. The van der Waals surface area contributed by atoms with Gasteiger partial charge in [0, 0.05) is 0 Å². The summed E-state index contributed by atoms with van der Waals surface area (Å²) >= 11 is 0. The fourth-order valence-corrected chi connectivity index (χ4v) is 1.95. The van der Waals surface area contributed by atoms with Gasteiger partial charge in [-0.1, -0.05) is 24.3 Å². The molecule has 0 bridgehead atoms. The first kappa shape index (κ1) is 12.4. The van der Waals surface area contributed by atoms with Gasteiger partial charge in [0.2, 0.25) is 0 Å². The molecule has 94 valence electrons. The van der Waals surface area contributed by atoms with Crippen molar-refractivity contribution in [1.82, 2.24) is 0 Å². The molecule has 4 nitrogen and oxygen atoms in total. The molecule has 0 saturated heterocycles. The molecule has 0 unspecified atom stereocenters. The van der Waals surface area contributed by atoms with Gasteiger partial charge in [0.05, 0.1) is 7.11 Å². The quantitative estimate of drug-likeness (QED) is 0.861. The van der Waals surface area contributed by atoms with Gasteiger partial charge in [-0.2, -0.15) is 0 Å². The summed E-state index contributed by atoms with van der Waals surface area (Å²) < 4.78 is 5.18. The summed E-state index contributed by atoms with van der Waals surface area (Å²) in [5, 5.41) is 10.9. The van der Waals surface area contributed by atoms with Gasteiger partial charge in [0.25, 0.3) is 0 Å². The molecule has 0 aliphatic carbocycles. The number of carboxylic acids is 1. The highest BCUT2D eigenvalue weighted by molar-refractivity contribution is 5.87. The number of carbonyl (C=O) groups is 1. The second kappa shape index (κ2) is 5.06. The summed E-state index contributed by atoms with van der Waals surface area (Å²) in [6.45, 7) is 0. The molecule has 0 radical (unpaired) electrons. The Labute approximate surface area is 105 Å². The van der Waals surface area contributed by atoms with Gasteiger partial charge in [-0.05, 0) is 34.9 Å². The predicted octanol–water partition coefficient (Wildman–Crippen LogP) is 1.80. The van der Waals surface area contributed by atoms with Crippen LogP contribution < -0.4 is 10.5 Å². The predicted molar refractivity (Wildman–Crippen MR) is 69.8 cm³/mol. The lowest BCUT2D eigenvalue weighted by Gasteiger charge is -2.10. The van der Waals surface area contributed by atoms with Crippen molar-refractivity contribution in [3.8, 4) is 5.75 Å². The Kier molecular flexibility index (Phi) is 3.48. The van der Waals surface area contributed by atoms with E-state index in [1.54, 1.807) is 7.11 Å². The van der Waals surface area contributed by atoms with Crippen LogP contribution in [0.15, 0.2) is 36.4 Å². The molecular weight excluding hydrogens is 230 g/mol. The monoisotopic (exact) mass is 245 g/mol. The molecule has 0 amide bonds. The van der Waals surface area contributed by atoms with Crippen LogP contribution in [0.3, 0.4) is 0 Å². The average Bonchev–Trinajstić information content (AvgIpc) is 2.38. The van der Waals surface area contributed by atoms with Crippen molar-refractivity contribution >= 4 is 16.7 Å². The van der Waals surface area contributed by atoms with Crippen LogP contribution in [0, 0.1) is 0 Å². The van der Waals surface area contributed by atoms with Gasteiger partial charge in [0.15, 0.2) is 0 Å². The molecule has 0 aliphatic rings. The molecule has 2 aromatic rings. The van der Waals surface area contributed by atoms with Crippen LogP contribution in [0.1, 0.15) is 5.56 Å². The summed E-state index contributed by atoms with van der Waals surface area (Å²) in [6, 6.07) is 10.6. The van der Waals surface area contributed by atoms with E-state index >= 15 is 0 Å². The normalized spacial score (nSPS) is 12.3. The second-order valence-electron chi connectivity index (χ2n) is 4.15. The summed E-state index contributed by atoms with van der Waals surface area (Å²) in [4.78, 5) is 10.8. The van der Waals surface area contributed by atoms with Gasteiger partial charge in [0.1, 0.15) is 11.8 Å². The van der Waals surface area contributed by atoms with E-state index in [-0.39, 0.29) is 0 Å². The number of ether oxygens (including phenoxy) is 1. The second-order valence-corrected chi connectivity index (χ2v) is 4.15. The average molecular weight is 245 g/mol. The molecule has 1 atom stereocenters. The lowest BCUT2D eigenvalue weighted by Crippen LogP contribution is -2.32.